The molecule has 166 valence electrons. The van der Waals surface area contributed by atoms with E-state index in [0.29, 0.717) is 48.1 Å². The molecule has 2 N–H and O–H groups in total. The summed E-state index contributed by atoms with van der Waals surface area (Å²) in [7, 11) is 3.11. The lowest BCUT2D eigenvalue weighted by Crippen LogP contribution is -2.43. The molecule has 32 heavy (non-hydrogen) atoms. The predicted molar refractivity (Wildman–Crippen MR) is 119 cm³/mol. The summed E-state index contributed by atoms with van der Waals surface area (Å²) in [5, 5.41) is 9.99. The Hall–Kier alpha value is -3.88. The molecule has 9 heteroatoms. The van der Waals surface area contributed by atoms with Crippen molar-refractivity contribution in [3.63, 3.8) is 0 Å². The molecule has 0 spiro atoms. The van der Waals surface area contributed by atoms with E-state index in [9.17, 15) is 9.59 Å². The van der Waals surface area contributed by atoms with Gasteiger partial charge in [0.2, 0.25) is 5.91 Å². The van der Waals surface area contributed by atoms with Crippen LogP contribution in [-0.4, -0.2) is 59.2 Å². The largest absolute Gasteiger partial charge is 0.497 e. The van der Waals surface area contributed by atoms with E-state index in [-0.39, 0.29) is 17.7 Å². The van der Waals surface area contributed by atoms with E-state index in [2.05, 4.69) is 20.5 Å². The van der Waals surface area contributed by atoms with Crippen LogP contribution in [0.25, 0.3) is 11.3 Å². The number of aromatic nitrogens is 3. The lowest BCUT2D eigenvalue weighted by atomic mass is 9.96. The number of hydrogen-bond donors (Lipinski definition) is 2. The second-order valence-corrected chi connectivity index (χ2v) is 7.55. The summed E-state index contributed by atoms with van der Waals surface area (Å²) in [5.74, 6) is 0.506. The molecule has 0 unspecified atom stereocenters. The zero-order valence-corrected chi connectivity index (χ0v) is 18.0. The summed E-state index contributed by atoms with van der Waals surface area (Å²) in [5.41, 5.74) is 2.48. The molecule has 9 nitrogen and oxygen atoms in total. The van der Waals surface area contributed by atoms with Crippen molar-refractivity contribution in [2.24, 2.45) is 5.92 Å². The Balaban J connectivity index is 1.44. The number of carbonyl (C=O) groups excluding carboxylic acids is 2. The highest BCUT2D eigenvalue weighted by atomic mass is 16.5. The van der Waals surface area contributed by atoms with Crippen molar-refractivity contribution in [1.29, 1.82) is 0 Å². The van der Waals surface area contributed by atoms with Crippen LogP contribution in [-0.2, 0) is 4.79 Å². The number of rotatable bonds is 6. The van der Waals surface area contributed by atoms with Gasteiger partial charge in [0, 0.05) is 37.1 Å². The van der Waals surface area contributed by atoms with Crippen LogP contribution in [0.3, 0.4) is 0 Å². The highest BCUT2D eigenvalue weighted by Crippen LogP contribution is 2.30. The van der Waals surface area contributed by atoms with Gasteiger partial charge in [0.25, 0.3) is 5.91 Å². The number of benzene rings is 1. The topological polar surface area (TPSA) is 109 Å². The molecule has 1 saturated heterocycles. The number of anilines is 1. The van der Waals surface area contributed by atoms with Gasteiger partial charge in [0.05, 0.1) is 31.5 Å². The molecule has 3 aromatic rings. The predicted octanol–water partition coefficient (Wildman–Crippen LogP) is 2.98. The molecule has 1 atom stereocenters. The quantitative estimate of drug-likeness (QED) is 0.616. The van der Waals surface area contributed by atoms with E-state index < -0.39 is 0 Å². The Morgan fingerprint density at radius 2 is 1.94 bits per heavy atom. The van der Waals surface area contributed by atoms with E-state index >= 15 is 0 Å². The summed E-state index contributed by atoms with van der Waals surface area (Å²) < 4.78 is 10.6. The van der Waals surface area contributed by atoms with Crippen LogP contribution in [0, 0.1) is 5.92 Å². The third-order valence-electron chi connectivity index (χ3n) is 5.53. The smallest absolute Gasteiger partial charge is 0.271 e. The fourth-order valence-electron chi connectivity index (χ4n) is 3.79. The lowest BCUT2D eigenvalue weighted by molar-refractivity contribution is -0.121. The van der Waals surface area contributed by atoms with Gasteiger partial charge in [-0.05, 0) is 43.2 Å². The number of hydrogen-bond acceptors (Lipinski definition) is 6. The Morgan fingerprint density at radius 1 is 1.12 bits per heavy atom. The monoisotopic (exact) mass is 435 g/mol. The highest BCUT2D eigenvalue weighted by Gasteiger charge is 2.30. The van der Waals surface area contributed by atoms with E-state index in [1.54, 1.807) is 55.8 Å². The van der Waals surface area contributed by atoms with Gasteiger partial charge in [0.1, 0.15) is 17.2 Å². The normalized spacial score (nSPS) is 15.8. The van der Waals surface area contributed by atoms with Crippen molar-refractivity contribution >= 4 is 17.5 Å². The number of carbonyl (C=O) groups is 2. The number of ether oxygens (including phenoxy) is 2. The molecule has 1 aliphatic heterocycles. The van der Waals surface area contributed by atoms with E-state index in [1.165, 1.54) is 0 Å². The zero-order valence-electron chi connectivity index (χ0n) is 18.0. The summed E-state index contributed by atoms with van der Waals surface area (Å²) in [6.07, 6.45) is 4.80. The molecule has 1 aromatic carbocycles. The standard InChI is InChI=1S/C23H25N5O4/c1-31-17-5-6-21(32-2)19(12-17)25-22(29)16-4-3-11-28(14-16)23(30)20-13-18(26-27-20)15-7-9-24-10-8-15/h5-10,12-13,16H,3-4,11,14H2,1-2H3,(H,25,29)(H,26,27)/t16-/m0/s1. The van der Waals surface area contributed by atoms with Gasteiger partial charge < -0.3 is 19.7 Å². The Bertz CT molecular complexity index is 1100. The third-order valence-corrected chi connectivity index (χ3v) is 5.53. The molecular formula is C23H25N5O4. The Labute approximate surface area is 185 Å². The van der Waals surface area contributed by atoms with E-state index in [4.69, 9.17) is 9.47 Å². The zero-order chi connectivity index (χ0) is 22.5. The van der Waals surface area contributed by atoms with Gasteiger partial charge in [0.15, 0.2) is 0 Å². The molecular weight excluding hydrogens is 410 g/mol. The second kappa shape index (κ2) is 9.51. The maximum atomic E-state index is 13.0. The minimum Gasteiger partial charge on any atom is -0.497 e. The molecule has 0 radical (unpaired) electrons. The van der Waals surface area contributed by atoms with Gasteiger partial charge in [-0.25, -0.2) is 0 Å². The van der Waals surface area contributed by atoms with Gasteiger partial charge in [-0.1, -0.05) is 0 Å². The van der Waals surface area contributed by atoms with Crippen LogP contribution in [0.2, 0.25) is 0 Å². The fraction of sp³-hybridized carbons (Fsp3) is 0.304. The molecule has 0 bridgehead atoms. The SMILES string of the molecule is COc1ccc(OC)c(NC(=O)[C@H]2CCCN(C(=O)c3cc(-c4ccncc4)n[nH]3)C2)c1. The van der Waals surface area contributed by atoms with Crippen molar-refractivity contribution in [1.82, 2.24) is 20.1 Å². The summed E-state index contributed by atoms with van der Waals surface area (Å²) in [6, 6.07) is 10.6. The number of nitrogens with zero attached hydrogens (tertiary/aromatic N) is 3. The number of methoxy groups -OCH3 is 2. The number of nitrogens with one attached hydrogen (secondary N) is 2. The molecule has 2 aromatic heterocycles. The first-order chi connectivity index (χ1) is 15.6. The molecule has 2 amide bonds. The summed E-state index contributed by atoms with van der Waals surface area (Å²) in [4.78, 5) is 31.7. The number of piperidine rings is 1. The average molecular weight is 435 g/mol. The molecule has 0 saturated carbocycles. The van der Waals surface area contributed by atoms with Crippen molar-refractivity contribution in [3.05, 3.63) is 54.5 Å². The van der Waals surface area contributed by atoms with Crippen molar-refractivity contribution in [2.75, 3.05) is 32.6 Å². The summed E-state index contributed by atoms with van der Waals surface area (Å²) >= 11 is 0. The van der Waals surface area contributed by atoms with Crippen LogP contribution in [0.15, 0.2) is 48.8 Å². The Kier molecular flexibility index (Phi) is 6.34. The van der Waals surface area contributed by atoms with E-state index in [0.717, 1.165) is 12.0 Å². The van der Waals surface area contributed by atoms with Crippen LogP contribution >= 0.6 is 0 Å². The van der Waals surface area contributed by atoms with Gasteiger partial charge in [-0.3, -0.25) is 19.7 Å². The minimum atomic E-state index is -0.328. The minimum absolute atomic E-state index is 0.156. The van der Waals surface area contributed by atoms with Crippen molar-refractivity contribution < 1.29 is 19.1 Å². The van der Waals surface area contributed by atoms with Crippen molar-refractivity contribution in [2.45, 2.75) is 12.8 Å². The van der Waals surface area contributed by atoms with Crippen LogP contribution < -0.4 is 14.8 Å². The number of aromatic amines is 1. The molecule has 1 fully saturated rings. The van der Waals surface area contributed by atoms with E-state index in [1.807, 2.05) is 12.1 Å². The number of pyridine rings is 1. The van der Waals surface area contributed by atoms with Crippen molar-refractivity contribution in [3.8, 4) is 22.8 Å². The Morgan fingerprint density at radius 3 is 2.69 bits per heavy atom. The first-order valence-corrected chi connectivity index (χ1v) is 10.4. The van der Waals surface area contributed by atoms with Gasteiger partial charge >= 0.3 is 0 Å². The van der Waals surface area contributed by atoms with Gasteiger partial charge in [-0.15, -0.1) is 0 Å². The molecule has 3 heterocycles. The second-order valence-electron chi connectivity index (χ2n) is 7.55. The molecule has 4 rings (SSSR count). The van der Waals surface area contributed by atoms with Crippen LogP contribution in [0.1, 0.15) is 23.3 Å². The highest BCUT2D eigenvalue weighted by molar-refractivity contribution is 5.96. The summed E-state index contributed by atoms with van der Waals surface area (Å²) in [6.45, 7) is 0.926. The maximum Gasteiger partial charge on any atom is 0.271 e. The van der Waals surface area contributed by atoms with Gasteiger partial charge in [-0.2, -0.15) is 5.10 Å². The fourth-order valence-corrected chi connectivity index (χ4v) is 3.79. The van der Waals surface area contributed by atoms with Crippen LogP contribution in [0.5, 0.6) is 11.5 Å². The molecule has 1 aliphatic rings. The maximum absolute atomic E-state index is 13.0. The number of H-pyrrole nitrogens is 1. The average Bonchev–Trinajstić information content (AvgIpc) is 3.34. The number of amides is 2. The third kappa shape index (κ3) is 4.56. The molecule has 0 aliphatic carbocycles. The first-order valence-electron chi connectivity index (χ1n) is 10.4. The van der Waals surface area contributed by atoms with Crippen LogP contribution in [0.4, 0.5) is 5.69 Å². The lowest BCUT2D eigenvalue weighted by Gasteiger charge is -2.31. The number of likely N-dealkylation sites (tertiary alicyclic amines) is 1. The first kappa shape index (κ1) is 21.4.